The fourth-order valence-electron chi connectivity index (χ4n) is 1.03. The number of amides is 2. The van der Waals surface area contributed by atoms with Crippen LogP contribution < -0.4 is 10.7 Å². The summed E-state index contributed by atoms with van der Waals surface area (Å²) in [7, 11) is 0. The topological polar surface area (TPSA) is 70.7 Å². The number of rotatable bonds is 2. The molecule has 1 fully saturated rings. The van der Waals surface area contributed by atoms with E-state index in [0.29, 0.717) is 19.7 Å². The van der Waals surface area contributed by atoms with Crippen molar-refractivity contribution in [2.24, 2.45) is 0 Å². The Morgan fingerprint density at radius 1 is 1.77 bits per heavy atom. The van der Waals surface area contributed by atoms with Gasteiger partial charge >= 0.3 is 6.09 Å². The van der Waals surface area contributed by atoms with Crippen molar-refractivity contribution in [2.45, 2.75) is 6.92 Å². The van der Waals surface area contributed by atoms with E-state index in [1.165, 1.54) is 5.01 Å². The first-order valence-electron chi connectivity index (χ1n) is 4.17. The Kier molecular flexibility index (Phi) is 3.51. The van der Waals surface area contributed by atoms with Crippen LogP contribution in [-0.2, 0) is 9.53 Å². The molecule has 1 aliphatic heterocycles. The maximum Gasteiger partial charge on any atom is 0.421 e. The van der Waals surface area contributed by atoms with E-state index in [1.807, 2.05) is 0 Å². The average Bonchev–Trinajstić information content (AvgIpc) is 2.04. The third-order valence-corrected chi connectivity index (χ3v) is 1.56. The monoisotopic (exact) mass is 187 g/mol. The highest BCUT2D eigenvalue weighted by Gasteiger charge is 2.17. The van der Waals surface area contributed by atoms with Gasteiger partial charge in [0.1, 0.15) is 0 Å². The summed E-state index contributed by atoms with van der Waals surface area (Å²) < 4.78 is 4.66. The SMILES string of the molecule is CCOC(=O)NN1CCNC(=O)C1. The van der Waals surface area contributed by atoms with Crippen molar-refractivity contribution in [1.29, 1.82) is 0 Å². The molecule has 0 aromatic heterocycles. The summed E-state index contributed by atoms with van der Waals surface area (Å²) in [5.74, 6) is -0.0944. The van der Waals surface area contributed by atoms with Gasteiger partial charge in [-0.25, -0.2) is 9.80 Å². The standard InChI is InChI=1S/C7H13N3O3/c1-2-13-7(12)9-10-4-3-8-6(11)5-10/h2-5H2,1H3,(H,8,11)(H,9,12). The third-order valence-electron chi connectivity index (χ3n) is 1.56. The maximum absolute atomic E-state index is 10.9. The highest BCUT2D eigenvalue weighted by atomic mass is 16.6. The van der Waals surface area contributed by atoms with Crippen LogP contribution in [-0.4, -0.2) is 43.3 Å². The highest BCUT2D eigenvalue weighted by molar-refractivity contribution is 5.79. The lowest BCUT2D eigenvalue weighted by Gasteiger charge is -2.26. The summed E-state index contributed by atoms with van der Waals surface area (Å²) in [6, 6.07) is 0. The minimum Gasteiger partial charge on any atom is -0.449 e. The van der Waals surface area contributed by atoms with E-state index in [1.54, 1.807) is 6.92 Å². The van der Waals surface area contributed by atoms with Gasteiger partial charge in [0.2, 0.25) is 5.91 Å². The van der Waals surface area contributed by atoms with Crippen molar-refractivity contribution in [1.82, 2.24) is 15.8 Å². The average molecular weight is 187 g/mol. The molecule has 0 saturated carbocycles. The van der Waals surface area contributed by atoms with Crippen molar-refractivity contribution < 1.29 is 14.3 Å². The molecule has 0 atom stereocenters. The van der Waals surface area contributed by atoms with E-state index in [-0.39, 0.29) is 12.5 Å². The molecule has 0 spiro atoms. The first kappa shape index (κ1) is 9.79. The van der Waals surface area contributed by atoms with Crippen LogP contribution in [0.5, 0.6) is 0 Å². The zero-order chi connectivity index (χ0) is 9.68. The maximum atomic E-state index is 10.9. The van der Waals surface area contributed by atoms with E-state index in [2.05, 4.69) is 15.5 Å². The van der Waals surface area contributed by atoms with Gasteiger partial charge in [0.15, 0.2) is 0 Å². The summed E-state index contributed by atoms with van der Waals surface area (Å²) in [6.45, 7) is 3.38. The molecule has 6 heteroatoms. The van der Waals surface area contributed by atoms with Crippen molar-refractivity contribution in [3.05, 3.63) is 0 Å². The normalized spacial score (nSPS) is 17.8. The van der Waals surface area contributed by atoms with Gasteiger partial charge in [-0.3, -0.25) is 10.2 Å². The van der Waals surface area contributed by atoms with Gasteiger partial charge in [-0.05, 0) is 6.92 Å². The third kappa shape index (κ3) is 3.29. The molecule has 1 aliphatic rings. The van der Waals surface area contributed by atoms with Crippen LogP contribution in [0.3, 0.4) is 0 Å². The number of piperazine rings is 1. The minimum atomic E-state index is -0.516. The molecule has 0 radical (unpaired) electrons. The fraction of sp³-hybridized carbons (Fsp3) is 0.714. The predicted molar refractivity (Wildman–Crippen MR) is 44.7 cm³/mol. The molecule has 0 bridgehead atoms. The Bertz CT molecular complexity index is 207. The number of hydrazine groups is 1. The number of hydrogen-bond donors (Lipinski definition) is 2. The van der Waals surface area contributed by atoms with Gasteiger partial charge in [-0.15, -0.1) is 0 Å². The van der Waals surface area contributed by atoms with Crippen LogP contribution in [0.1, 0.15) is 6.92 Å². The number of carbonyl (C=O) groups excluding carboxylic acids is 2. The summed E-state index contributed by atoms with van der Waals surface area (Å²) in [6.07, 6.45) is -0.516. The highest BCUT2D eigenvalue weighted by Crippen LogP contribution is 1.89. The Morgan fingerprint density at radius 2 is 2.54 bits per heavy atom. The van der Waals surface area contributed by atoms with Crippen molar-refractivity contribution >= 4 is 12.0 Å². The van der Waals surface area contributed by atoms with E-state index < -0.39 is 6.09 Å². The lowest BCUT2D eigenvalue weighted by atomic mass is 10.4. The van der Waals surface area contributed by atoms with E-state index >= 15 is 0 Å². The van der Waals surface area contributed by atoms with Gasteiger partial charge in [0, 0.05) is 13.1 Å². The summed E-state index contributed by atoms with van der Waals surface area (Å²) in [4.78, 5) is 21.8. The van der Waals surface area contributed by atoms with Gasteiger partial charge in [0.25, 0.3) is 0 Å². The summed E-state index contributed by atoms with van der Waals surface area (Å²) in [5, 5.41) is 4.17. The molecule has 0 unspecified atom stereocenters. The largest absolute Gasteiger partial charge is 0.449 e. The number of ether oxygens (including phenoxy) is 1. The fourth-order valence-corrected chi connectivity index (χ4v) is 1.03. The zero-order valence-corrected chi connectivity index (χ0v) is 7.50. The van der Waals surface area contributed by atoms with E-state index in [4.69, 9.17) is 0 Å². The zero-order valence-electron chi connectivity index (χ0n) is 7.50. The lowest BCUT2D eigenvalue weighted by molar-refractivity contribution is -0.124. The van der Waals surface area contributed by atoms with Gasteiger partial charge in [-0.2, -0.15) is 0 Å². The molecule has 2 amide bonds. The molecule has 1 heterocycles. The second-order valence-corrected chi connectivity index (χ2v) is 2.60. The Labute approximate surface area is 76.2 Å². The minimum absolute atomic E-state index is 0.0944. The molecule has 1 rings (SSSR count). The van der Waals surface area contributed by atoms with Crippen molar-refractivity contribution in [3.8, 4) is 0 Å². The lowest BCUT2D eigenvalue weighted by Crippen LogP contribution is -2.54. The van der Waals surface area contributed by atoms with Crippen LogP contribution in [0.15, 0.2) is 0 Å². The van der Waals surface area contributed by atoms with Gasteiger partial charge in [0.05, 0.1) is 13.2 Å². The second kappa shape index (κ2) is 4.66. The smallest absolute Gasteiger partial charge is 0.421 e. The molecule has 0 aliphatic carbocycles. The Balaban J connectivity index is 2.27. The van der Waals surface area contributed by atoms with Crippen LogP contribution in [0.25, 0.3) is 0 Å². The summed E-state index contributed by atoms with van der Waals surface area (Å²) >= 11 is 0. The van der Waals surface area contributed by atoms with Crippen LogP contribution in [0, 0.1) is 0 Å². The van der Waals surface area contributed by atoms with Crippen LogP contribution in [0.2, 0.25) is 0 Å². The van der Waals surface area contributed by atoms with Crippen molar-refractivity contribution in [3.63, 3.8) is 0 Å². The number of nitrogens with one attached hydrogen (secondary N) is 2. The first-order chi connectivity index (χ1) is 6.22. The number of nitrogens with zero attached hydrogens (tertiary/aromatic N) is 1. The molecule has 13 heavy (non-hydrogen) atoms. The predicted octanol–water partition coefficient (Wildman–Crippen LogP) is -0.921. The molecule has 1 saturated heterocycles. The molecule has 6 nitrogen and oxygen atoms in total. The molecular formula is C7H13N3O3. The molecule has 2 N–H and O–H groups in total. The van der Waals surface area contributed by atoms with Crippen LogP contribution in [0.4, 0.5) is 4.79 Å². The van der Waals surface area contributed by atoms with E-state index in [0.717, 1.165) is 0 Å². The van der Waals surface area contributed by atoms with E-state index in [9.17, 15) is 9.59 Å². The molecular weight excluding hydrogens is 174 g/mol. The second-order valence-electron chi connectivity index (χ2n) is 2.60. The van der Waals surface area contributed by atoms with Crippen LogP contribution >= 0.6 is 0 Å². The molecule has 0 aromatic carbocycles. The van der Waals surface area contributed by atoms with Gasteiger partial charge in [-0.1, -0.05) is 0 Å². The quantitative estimate of drug-likeness (QED) is 0.586. The molecule has 0 aromatic rings. The number of hydrogen-bond acceptors (Lipinski definition) is 4. The van der Waals surface area contributed by atoms with Gasteiger partial charge < -0.3 is 10.1 Å². The number of carbonyl (C=O) groups is 2. The Morgan fingerprint density at radius 3 is 3.15 bits per heavy atom. The first-order valence-corrected chi connectivity index (χ1v) is 4.17. The molecule has 74 valence electrons. The van der Waals surface area contributed by atoms with Crippen molar-refractivity contribution in [2.75, 3.05) is 26.2 Å². The summed E-state index contributed by atoms with van der Waals surface area (Å²) in [5.41, 5.74) is 2.46. The Hall–Kier alpha value is -1.30.